The van der Waals surface area contributed by atoms with Crippen LogP contribution in [0, 0.1) is 5.41 Å². The molecule has 1 atom stereocenters. The Morgan fingerprint density at radius 1 is 1.26 bits per heavy atom. The Kier molecular flexibility index (Phi) is 4.56. The molecule has 1 spiro atoms. The van der Waals surface area contributed by atoms with Gasteiger partial charge >= 0.3 is 6.18 Å². The predicted molar refractivity (Wildman–Crippen MR) is 89.4 cm³/mol. The molecule has 11 heteroatoms. The molecular weight excluding hydrogens is 385 g/mol. The molecule has 1 aromatic heterocycles. The van der Waals surface area contributed by atoms with E-state index in [1.165, 1.54) is 11.4 Å². The van der Waals surface area contributed by atoms with Crippen LogP contribution in [-0.4, -0.2) is 72.8 Å². The molecule has 0 aromatic carbocycles. The zero-order chi connectivity index (χ0) is 19.4. The van der Waals surface area contributed by atoms with Gasteiger partial charge in [0, 0.05) is 45.3 Å². The minimum absolute atomic E-state index is 0.0541. The number of aryl methyl sites for hydroxylation is 1. The van der Waals surface area contributed by atoms with Crippen molar-refractivity contribution in [3.63, 3.8) is 0 Å². The summed E-state index contributed by atoms with van der Waals surface area (Å²) in [7, 11) is -2.75. The van der Waals surface area contributed by atoms with Crippen molar-refractivity contribution in [3.05, 3.63) is 11.8 Å². The first-order chi connectivity index (χ1) is 12.6. The molecule has 3 aliphatic rings. The number of aromatic nitrogens is 2. The van der Waals surface area contributed by atoms with Crippen molar-refractivity contribution in [2.24, 2.45) is 12.5 Å². The fourth-order valence-corrected chi connectivity index (χ4v) is 6.34. The van der Waals surface area contributed by atoms with E-state index in [-0.39, 0.29) is 5.41 Å². The van der Waals surface area contributed by atoms with Crippen molar-refractivity contribution >= 4 is 10.0 Å². The summed E-state index contributed by atoms with van der Waals surface area (Å²) in [4.78, 5) is 2.41. The highest BCUT2D eigenvalue weighted by Crippen LogP contribution is 2.48. The molecule has 0 amide bonds. The van der Waals surface area contributed by atoms with Gasteiger partial charge in [-0.3, -0.25) is 9.58 Å². The average molecular weight is 408 g/mol. The molecule has 2 saturated heterocycles. The van der Waals surface area contributed by atoms with Crippen LogP contribution in [-0.2, 0) is 28.0 Å². The van der Waals surface area contributed by atoms with Gasteiger partial charge in [-0.15, -0.1) is 0 Å². The number of rotatable bonds is 3. The van der Waals surface area contributed by atoms with Crippen molar-refractivity contribution in [2.75, 3.05) is 39.4 Å². The summed E-state index contributed by atoms with van der Waals surface area (Å²) in [5.41, 5.74) is -1.24. The lowest BCUT2D eigenvalue weighted by Crippen LogP contribution is -2.58. The van der Waals surface area contributed by atoms with Crippen molar-refractivity contribution in [2.45, 2.75) is 36.5 Å². The topological polar surface area (TPSA) is 67.7 Å². The number of hydrogen-bond acceptors (Lipinski definition) is 5. The van der Waals surface area contributed by atoms with Crippen LogP contribution in [0.5, 0.6) is 0 Å². The van der Waals surface area contributed by atoms with Gasteiger partial charge < -0.3 is 4.74 Å². The SMILES string of the molecule is Cn1nc(C(F)(F)F)cc1S(=O)(=O)N1CC2(CCC(N3CCOCC3)C2)C1. The van der Waals surface area contributed by atoms with Gasteiger partial charge in [0.1, 0.15) is 0 Å². The van der Waals surface area contributed by atoms with E-state index >= 15 is 0 Å². The van der Waals surface area contributed by atoms with Crippen LogP contribution in [0.15, 0.2) is 11.1 Å². The van der Waals surface area contributed by atoms with Crippen LogP contribution in [0.2, 0.25) is 0 Å². The van der Waals surface area contributed by atoms with Crippen molar-refractivity contribution in [3.8, 4) is 0 Å². The Labute approximate surface area is 156 Å². The monoisotopic (exact) mass is 408 g/mol. The molecule has 2 aliphatic heterocycles. The van der Waals surface area contributed by atoms with Gasteiger partial charge in [-0.2, -0.15) is 22.6 Å². The Hall–Kier alpha value is -1.17. The Bertz CT molecular complexity index is 811. The molecule has 3 fully saturated rings. The average Bonchev–Trinajstić information content (AvgIpc) is 3.18. The molecule has 1 unspecified atom stereocenters. The minimum Gasteiger partial charge on any atom is -0.379 e. The van der Waals surface area contributed by atoms with E-state index in [4.69, 9.17) is 4.74 Å². The van der Waals surface area contributed by atoms with Gasteiger partial charge in [0.15, 0.2) is 10.7 Å². The summed E-state index contributed by atoms with van der Waals surface area (Å²) >= 11 is 0. The number of hydrogen-bond donors (Lipinski definition) is 0. The molecule has 152 valence electrons. The van der Waals surface area contributed by atoms with E-state index in [0.29, 0.717) is 25.2 Å². The molecule has 1 aliphatic carbocycles. The van der Waals surface area contributed by atoms with Crippen molar-refractivity contribution in [1.82, 2.24) is 19.0 Å². The van der Waals surface area contributed by atoms with E-state index in [2.05, 4.69) is 10.00 Å². The number of nitrogens with zero attached hydrogens (tertiary/aromatic N) is 4. The van der Waals surface area contributed by atoms with E-state index in [0.717, 1.165) is 50.2 Å². The number of alkyl halides is 3. The summed E-state index contributed by atoms with van der Waals surface area (Å²) in [5, 5.41) is 2.91. The van der Waals surface area contributed by atoms with E-state index in [9.17, 15) is 21.6 Å². The van der Waals surface area contributed by atoms with Gasteiger partial charge in [-0.05, 0) is 24.7 Å². The third-order valence-corrected chi connectivity index (χ3v) is 7.84. The molecule has 7 nitrogen and oxygen atoms in total. The summed E-state index contributed by atoms with van der Waals surface area (Å²) in [6, 6.07) is 1.05. The lowest BCUT2D eigenvalue weighted by Gasteiger charge is -2.47. The number of halogens is 3. The lowest BCUT2D eigenvalue weighted by molar-refractivity contribution is -0.141. The maximum absolute atomic E-state index is 12.8. The van der Waals surface area contributed by atoms with Gasteiger partial charge in [-0.25, -0.2) is 8.42 Å². The van der Waals surface area contributed by atoms with Crippen LogP contribution >= 0.6 is 0 Å². The van der Waals surface area contributed by atoms with Crippen molar-refractivity contribution in [1.29, 1.82) is 0 Å². The van der Waals surface area contributed by atoms with Gasteiger partial charge in [0.2, 0.25) is 0 Å². The quantitative estimate of drug-likeness (QED) is 0.755. The maximum atomic E-state index is 12.8. The summed E-state index contributed by atoms with van der Waals surface area (Å²) in [5.74, 6) is 0. The maximum Gasteiger partial charge on any atom is 0.435 e. The second kappa shape index (κ2) is 6.43. The van der Waals surface area contributed by atoms with Crippen LogP contribution in [0.25, 0.3) is 0 Å². The molecule has 0 N–H and O–H groups in total. The van der Waals surface area contributed by atoms with E-state index in [1.54, 1.807) is 0 Å². The lowest BCUT2D eigenvalue weighted by atomic mass is 9.80. The van der Waals surface area contributed by atoms with Crippen LogP contribution in [0.3, 0.4) is 0 Å². The second-order valence-corrected chi connectivity index (χ2v) is 9.69. The highest BCUT2D eigenvalue weighted by molar-refractivity contribution is 7.89. The van der Waals surface area contributed by atoms with E-state index in [1.807, 2.05) is 0 Å². The molecule has 27 heavy (non-hydrogen) atoms. The summed E-state index contributed by atoms with van der Waals surface area (Å²) < 4.78 is 71.5. The minimum atomic E-state index is -4.67. The van der Waals surface area contributed by atoms with Crippen LogP contribution in [0.4, 0.5) is 13.2 Å². The standard InChI is InChI=1S/C16H23F3N4O3S/c1-21-14(8-13(20-21)16(17,18)19)27(24,25)23-10-15(11-23)3-2-12(9-15)22-4-6-26-7-5-22/h8,12H,2-7,9-11H2,1H3. The van der Waals surface area contributed by atoms with Gasteiger partial charge in [0.05, 0.1) is 13.2 Å². The largest absolute Gasteiger partial charge is 0.435 e. The number of sulfonamides is 1. The highest BCUT2D eigenvalue weighted by Gasteiger charge is 2.53. The first-order valence-corrected chi connectivity index (χ1v) is 10.5. The fourth-order valence-electron chi connectivity index (χ4n) is 4.55. The number of morpholine rings is 1. The fraction of sp³-hybridized carbons (Fsp3) is 0.812. The summed E-state index contributed by atoms with van der Waals surface area (Å²) in [6.07, 6.45) is -1.77. The molecular formula is C16H23F3N4O3S. The first-order valence-electron chi connectivity index (χ1n) is 9.04. The Balaban J connectivity index is 1.44. The number of ether oxygens (including phenoxy) is 1. The molecule has 1 saturated carbocycles. The zero-order valence-electron chi connectivity index (χ0n) is 15.1. The smallest absolute Gasteiger partial charge is 0.379 e. The normalized spacial score (nSPS) is 27.2. The first kappa shape index (κ1) is 19.2. The molecule has 4 rings (SSSR count). The third kappa shape index (κ3) is 3.39. The second-order valence-electron chi connectivity index (χ2n) is 7.81. The molecule has 0 radical (unpaired) electrons. The molecule has 0 bridgehead atoms. The van der Waals surface area contributed by atoms with Crippen LogP contribution < -0.4 is 0 Å². The molecule has 3 heterocycles. The Morgan fingerprint density at radius 3 is 2.52 bits per heavy atom. The van der Waals surface area contributed by atoms with Gasteiger partial charge in [0.25, 0.3) is 10.0 Å². The summed E-state index contributed by atoms with van der Waals surface area (Å²) in [6.45, 7) is 3.99. The predicted octanol–water partition coefficient (Wildman–Crippen LogP) is 1.31. The van der Waals surface area contributed by atoms with Crippen molar-refractivity contribution < 1.29 is 26.3 Å². The van der Waals surface area contributed by atoms with Crippen LogP contribution in [0.1, 0.15) is 25.0 Å². The van der Waals surface area contributed by atoms with Gasteiger partial charge in [-0.1, -0.05) is 0 Å². The zero-order valence-corrected chi connectivity index (χ0v) is 15.9. The highest BCUT2D eigenvalue weighted by atomic mass is 32.2. The Morgan fingerprint density at radius 2 is 1.93 bits per heavy atom. The van der Waals surface area contributed by atoms with E-state index < -0.39 is 26.9 Å². The third-order valence-electron chi connectivity index (χ3n) is 5.99. The molecule has 1 aromatic rings.